The van der Waals surface area contributed by atoms with Crippen molar-refractivity contribution in [3.63, 3.8) is 0 Å². The Morgan fingerprint density at radius 3 is 2.61 bits per heavy atom. The molecule has 0 aliphatic heterocycles. The lowest BCUT2D eigenvalue weighted by Crippen LogP contribution is -2.21. The topological polar surface area (TPSA) is 49.3 Å². The SMILES string of the molecule is CC(C)C1(CNc2ccc(C(=O)O)c(F)c2)CC1. The molecule has 98 valence electrons. The summed E-state index contributed by atoms with van der Waals surface area (Å²) in [7, 11) is 0. The van der Waals surface area contributed by atoms with Crippen LogP contribution in [0.1, 0.15) is 37.0 Å². The summed E-state index contributed by atoms with van der Waals surface area (Å²) in [6, 6.07) is 4.16. The third-order valence-electron chi connectivity index (χ3n) is 3.96. The molecule has 0 radical (unpaired) electrons. The molecular weight excluding hydrogens is 233 g/mol. The molecule has 18 heavy (non-hydrogen) atoms. The van der Waals surface area contributed by atoms with Gasteiger partial charge in [-0.2, -0.15) is 0 Å². The second-order valence-electron chi connectivity index (χ2n) is 5.37. The predicted molar refractivity (Wildman–Crippen MR) is 68.4 cm³/mol. The van der Waals surface area contributed by atoms with Gasteiger partial charge in [-0.1, -0.05) is 13.8 Å². The zero-order valence-electron chi connectivity index (χ0n) is 10.7. The van der Waals surface area contributed by atoms with E-state index in [0.717, 1.165) is 6.54 Å². The van der Waals surface area contributed by atoms with Gasteiger partial charge >= 0.3 is 5.97 Å². The molecule has 0 amide bonds. The fraction of sp³-hybridized carbons (Fsp3) is 0.500. The number of hydrogen-bond acceptors (Lipinski definition) is 2. The highest BCUT2D eigenvalue weighted by atomic mass is 19.1. The van der Waals surface area contributed by atoms with Gasteiger partial charge in [0.25, 0.3) is 0 Å². The van der Waals surface area contributed by atoms with Crippen LogP contribution in [0.5, 0.6) is 0 Å². The van der Waals surface area contributed by atoms with Gasteiger partial charge in [0.15, 0.2) is 0 Å². The van der Waals surface area contributed by atoms with Gasteiger partial charge < -0.3 is 10.4 Å². The molecule has 0 saturated heterocycles. The van der Waals surface area contributed by atoms with Crippen molar-refractivity contribution in [2.45, 2.75) is 26.7 Å². The number of rotatable bonds is 5. The van der Waals surface area contributed by atoms with Crippen molar-refractivity contribution in [3.8, 4) is 0 Å². The third kappa shape index (κ3) is 2.47. The molecule has 1 aliphatic rings. The van der Waals surface area contributed by atoms with Gasteiger partial charge in [-0.25, -0.2) is 9.18 Å². The molecular formula is C14H18FNO2. The van der Waals surface area contributed by atoms with Gasteiger partial charge in [-0.15, -0.1) is 0 Å². The Morgan fingerprint density at radius 1 is 1.50 bits per heavy atom. The summed E-state index contributed by atoms with van der Waals surface area (Å²) in [6.45, 7) is 5.21. The van der Waals surface area contributed by atoms with Crippen LogP contribution in [-0.2, 0) is 0 Å². The summed E-state index contributed by atoms with van der Waals surface area (Å²) in [5, 5.41) is 11.9. The number of nitrogens with one attached hydrogen (secondary N) is 1. The van der Waals surface area contributed by atoms with Crippen LogP contribution in [0.4, 0.5) is 10.1 Å². The molecule has 0 bridgehead atoms. The van der Waals surface area contributed by atoms with Gasteiger partial charge in [0.1, 0.15) is 5.82 Å². The summed E-state index contributed by atoms with van der Waals surface area (Å²) in [5.74, 6) is -1.32. The van der Waals surface area contributed by atoms with Crippen LogP contribution in [0.25, 0.3) is 0 Å². The summed E-state index contributed by atoms with van der Waals surface area (Å²) in [6.07, 6.45) is 2.40. The van der Waals surface area contributed by atoms with Crippen molar-refractivity contribution in [2.24, 2.45) is 11.3 Å². The van der Waals surface area contributed by atoms with Crippen LogP contribution in [-0.4, -0.2) is 17.6 Å². The standard InChI is InChI=1S/C14H18FNO2/c1-9(2)14(5-6-14)8-16-10-3-4-11(13(17)18)12(15)7-10/h3-4,7,9,16H,5-6,8H2,1-2H3,(H,17,18). The maximum absolute atomic E-state index is 13.5. The van der Waals surface area contributed by atoms with E-state index in [1.807, 2.05) is 0 Å². The lowest BCUT2D eigenvalue weighted by Gasteiger charge is -2.20. The van der Waals surface area contributed by atoms with E-state index < -0.39 is 11.8 Å². The molecule has 1 aliphatic carbocycles. The monoisotopic (exact) mass is 251 g/mol. The van der Waals surface area contributed by atoms with Gasteiger partial charge in [0, 0.05) is 12.2 Å². The minimum atomic E-state index is -1.24. The van der Waals surface area contributed by atoms with Crippen molar-refractivity contribution in [3.05, 3.63) is 29.6 Å². The van der Waals surface area contributed by atoms with Gasteiger partial charge in [0.05, 0.1) is 5.56 Å². The van der Waals surface area contributed by atoms with E-state index in [0.29, 0.717) is 17.0 Å². The molecule has 4 heteroatoms. The number of benzene rings is 1. The average molecular weight is 251 g/mol. The Kier molecular flexibility index (Phi) is 3.28. The van der Waals surface area contributed by atoms with Crippen LogP contribution < -0.4 is 5.32 Å². The average Bonchev–Trinajstić information content (AvgIpc) is 3.07. The quantitative estimate of drug-likeness (QED) is 0.843. The minimum absolute atomic E-state index is 0.287. The first-order valence-corrected chi connectivity index (χ1v) is 6.21. The number of halogens is 1. The highest BCUT2D eigenvalue weighted by Crippen LogP contribution is 2.51. The summed E-state index contributed by atoms with van der Waals surface area (Å²) in [4.78, 5) is 10.7. The molecule has 1 saturated carbocycles. The molecule has 0 unspecified atom stereocenters. The van der Waals surface area contributed by atoms with Crippen LogP contribution in [0.3, 0.4) is 0 Å². The summed E-state index contributed by atoms with van der Waals surface area (Å²) in [5.41, 5.74) is 0.692. The molecule has 0 heterocycles. The third-order valence-corrected chi connectivity index (χ3v) is 3.96. The van der Waals surface area contributed by atoms with E-state index in [2.05, 4.69) is 19.2 Å². The number of carboxylic acids is 1. The Labute approximate surface area is 106 Å². The van der Waals surface area contributed by atoms with E-state index in [1.165, 1.54) is 25.0 Å². The first kappa shape index (κ1) is 12.9. The predicted octanol–water partition coefficient (Wildman–Crippen LogP) is 3.37. The van der Waals surface area contributed by atoms with Crippen molar-refractivity contribution in [2.75, 3.05) is 11.9 Å². The lowest BCUT2D eigenvalue weighted by atomic mass is 9.92. The molecule has 1 aromatic rings. The molecule has 2 N–H and O–H groups in total. The first-order valence-electron chi connectivity index (χ1n) is 6.21. The van der Waals surface area contributed by atoms with Gasteiger partial charge in [0.2, 0.25) is 0 Å². The Balaban J connectivity index is 2.03. The van der Waals surface area contributed by atoms with Crippen molar-refractivity contribution in [1.29, 1.82) is 0 Å². The number of carbonyl (C=O) groups is 1. The second-order valence-corrected chi connectivity index (χ2v) is 5.37. The Hall–Kier alpha value is -1.58. The summed E-state index contributed by atoms with van der Waals surface area (Å²) < 4.78 is 13.5. The number of anilines is 1. The van der Waals surface area contributed by atoms with Crippen LogP contribution in [0.2, 0.25) is 0 Å². The maximum Gasteiger partial charge on any atom is 0.338 e. The van der Waals surface area contributed by atoms with E-state index in [4.69, 9.17) is 5.11 Å². The van der Waals surface area contributed by atoms with Gasteiger partial charge in [-0.3, -0.25) is 0 Å². The number of aromatic carboxylic acids is 1. The highest BCUT2D eigenvalue weighted by molar-refractivity contribution is 5.88. The van der Waals surface area contributed by atoms with Crippen LogP contribution >= 0.6 is 0 Å². The fourth-order valence-corrected chi connectivity index (χ4v) is 2.20. The second kappa shape index (κ2) is 4.59. The number of hydrogen-bond donors (Lipinski definition) is 2. The zero-order chi connectivity index (χ0) is 13.3. The first-order chi connectivity index (χ1) is 8.44. The maximum atomic E-state index is 13.5. The highest BCUT2D eigenvalue weighted by Gasteiger charge is 2.44. The van der Waals surface area contributed by atoms with Gasteiger partial charge in [-0.05, 0) is 42.4 Å². The summed E-state index contributed by atoms with van der Waals surface area (Å²) >= 11 is 0. The Bertz CT molecular complexity index is 467. The molecule has 1 fully saturated rings. The molecule has 0 spiro atoms. The molecule has 0 atom stereocenters. The van der Waals surface area contributed by atoms with E-state index in [-0.39, 0.29) is 5.56 Å². The van der Waals surface area contributed by atoms with E-state index in [9.17, 15) is 9.18 Å². The molecule has 2 rings (SSSR count). The lowest BCUT2D eigenvalue weighted by molar-refractivity contribution is 0.0692. The smallest absolute Gasteiger partial charge is 0.338 e. The van der Waals surface area contributed by atoms with Crippen molar-refractivity contribution >= 4 is 11.7 Å². The molecule has 3 nitrogen and oxygen atoms in total. The largest absolute Gasteiger partial charge is 0.478 e. The van der Waals surface area contributed by atoms with Crippen molar-refractivity contribution in [1.82, 2.24) is 0 Å². The van der Waals surface area contributed by atoms with Crippen molar-refractivity contribution < 1.29 is 14.3 Å². The fourth-order valence-electron chi connectivity index (χ4n) is 2.20. The Morgan fingerprint density at radius 2 is 2.17 bits per heavy atom. The normalized spacial score (nSPS) is 16.7. The number of carboxylic acid groups (broad SMARTS) is 1. The van der Waals surface area contributed by atoms with Crippen LogP contribution in [0, 0.1) is 17.2 Å². The van der Waals surface area contributed by atoms with E-state index >= 15 is 0 Å². The minimum Gasteiger partial charge on any atom is -0.478 e. The van der Waals surface area contributed by atoms with Crippen LogP contribution in [0.15, 0.2) is 18.2 Å². The molecule has 1 aromatic carbocycles. The zero-order valence-corrected chi connectivity index (χ0v) is 10.7. The molecule has 0 aromatic heterocycles. The van der Waals surface area contributed by atoms with E-state index in [1.54, 1.807) is 6.07 Å².